The van der Waals surface area contributed by atoms with Crippen molar-refractivity contribution >= 4 is 5.97 Å². The van der Waals surface area contributed by atoms with Gasteiger partial charge in [-0.05, 0) is 47.1 Å². The molecule has 0 bridgehead atoms. The van der Waals surface area contributed by atoms with E-state index in [1.807, 2.05) is 71.9 Å². The minimum Gasteiger partial charge on any atom is -0.458 e. The molecule has 0 radical (unpaired) electrons. The second-order valence-electron chi connectivity index (χ2n) is 6.55. The quantitative estimate of drug-likeness (QED) is 0.777. The summed E-state index contributed by atoms with van der Waals surface area (Å²) in [7, 11) is 0. The van der Waals surface area contributed by atoms with Crippen LogP contribution in [0.15, 0.2) is 30.3 Å². The predicted octanol–water partition coefficient (Wildman–Crippen LogP) is 3.88. The van der Waals surface area contributed by atoms with Gasteiger partial charge in [-0.25, -0.2) is 4.79 Å². The molecule has 1 atom stereocenters. The highest BCUT2D eigenvalue weighted by atomic mass is 16.6. The summed E-state index contributed by atoms with van der Waals surface area (Å²) < 4.78 is 11.3. The summed E-state index contributed by atoms with van der Waals surface area (Å²) in [6.07, 6.45) is -0.694. The summed E-state index contributed by atoms with van der Waals surface area (Å²) in [5, 5.41) is 0. The highest BCUT2D eigenvalue weighted by molar-refractivity contribution is 5.77. The number of rotatable bonds is 3. The van der Waals surface area contributed by atoms with Gasteiger partial charge in [-0.3, -0.25) is 0 Å². The number of carbonyl (C=O) groups is 1. The lowest BCUT2D eigenvalue weighted by atomic mass is 10.1. The van der Waals surface area contributed by atoms with Crippen LogP contribution in [0.2, 0.25) is 0 Å². The number of hydrogen-bond acceptors (Lipinski definition) is 3. The van der Waals surface area contributed by atoms with Crippen LogP contribution in [0.1, 0.15) is 53.2 Å². The fraction of sp³-hybridized carbons (Fsp3) is 0.562. The Morgan fingerprint density at radius 2 is 1.47 bits per heavy atom. The van der Waals surface area contributed by atoms with Crippen molar-refractivity contribution in [2.75, 3.05) is 0 Å². The minimum atomic E-state index is -0.694. The zero-order valence-corrected chi connectivity index (χ0v) is 12.7. The first-order chi connectivity index (χ1) is 8.58. The zero-order chi connectivity index (χ0) is 14.7. The lowest BCUT2D eigenvalue weighted by molar-refractivity contribution is -0.178. The number of hydrogen-bond donors (Lipinski definition) is 0. The monoisotopic (exact) mass is 264 g/mol. The molecular weight excluding hydrogens is 240 g/mol. The van der Waals surface area contributed by atoms with Gasteiger partial charge in [0, 0.05) is 0 Å². The molecular formula is C16H24O3. The molecule has 3 heteroatoms. The first kappa shape index (κ1) is 15.7. The molecule has 0 aromatic heterocycles. The van der Waals surface area contributed by atoms with Gasteiger partial charge in [0.05, 0.1) is 5.60 Å². The van der Waals surface area contributed by atoms with Crippen LogP contribution in [0.5, 0.6) is 0 Å². The summed E-state index contributed by atoms with van der Waals surface area (Å²) >= 11 is 0. The molecule has 0 aliphatic heterocycles. The molecule has 0 amide bonds. The zero-order valence-electron chi connectivity index (χ0n) is 12.7. The average molecular weight is 264 g/mol. The smallest absolute Gasteiger partial charge is 0.340 e. The van der Waals surface area contributed by atoms with Crippen LogP contribution in [-0.4, -0.2) is 17.2 Å². The standard InChI is InChI=1S/C16H24O3/c1-15(2,3)18-13(12-10-8-7-9-11-12)14(17)19-16(4,5)6/h7-11,13H,1-6H3. The van der Waals surface area contributed by atoms with E-state index in [9.17, 15) is 4.79 Å². The van der Waals surface area contributed by atoms with Crippen molar-refractivity contribution in [2.24, 2.45) is 0 Å². The molecule has 0 N–H and O–H groups in total. The van der Waals surface area contributed by atoms with Crippen molar-refractivity contribution < 1.29 is 14.3 Å². The van der Waals surface area contributed by atoms with Crippen molar-refractivity contribution in [3.63, 3.8) is 0 Å². The summed E-state index contributed by atoms with van der Waals surface area (Å²) in [6, 6.07) is 9.44. The van der Waals surface area contributed by atoms with Crippen molar-refractivity contribution in [3.05, 3.63) is 35.9 Å². The largest absolute Gasteiger partial charge is 0.458 e. The minimum absolute atomic E-state index is 0.353. The van der Waals surface area contributed by atoms with E-state index in [0.29, 0.717) is 0 Å². The molecule has 3 nitrogen and oxygen atoms in total. The molecule has 106 valence electrons. The first-order valence-electron chi connectivity index (χ1n) is 6.54. The van der Waals surface area contributed by atoms with Gasteiger partial charge in [0.25, 0.3) is 0 Å². The normalized spacial score (nSPS) is 14.0. The molecule has 0 spiro atoms. The number of carbonyl (C=O) groups excluding carboxylic acids is 1. The molecule has 1 aromatic carbocycles. The third kappa shape index (κ3) is 5.88. The summed E-state index contributed by atoms with van der Waals surface area (Å²) in [5.41, 5.74) is -0.130. The van der Waals surface area contributed by atoms with Crippen LogP contribution in [-0.2, 0) is 14.3 Å². The summed E-state index contributed by atoms with van der Waals surface area (Å²) in [5.74, 6) is -0.353. The molecule has 0 heterocycles. The Morgan fingerprint density at radius 3 is 1.89 bits per heavy atom. The Labute approximate surface area is 115 Å². The predicted molar refractivity (Wildman–Crippen MR) is 75.9 cm³/mol. The van der Waals surface area contributed by atoms with Gasteiger partial charge in [0.2, 0.25) is 0 Å². The Balaban J connectivity index is 2.97. The van der Waals surface area contributed by atoms with Crippen LogP contribution < -0.4 is 0 Å². The SMILES string of the molecule is CC(C)(C)OC(=O)C(OC(C)(C)C)c1ccccc1. The number of esters is 1. The van der Waals surface area contributed by atoms with Gasteiger partial charge >= 0.3 is 5.97 Å². The van der Waals surface area contributed by atoms with Gasteiger partial charge in [0.15, 0.2) is 6.10 Å². The van der Waals surface area contributed by atoms with Crippen LogP contribution >= 0.6 is 0 Å². The Hall–Kier alpha value is -1.35. The Bertz CT molecular complexity index is 410. The van der Waals surface area contributed by atoms with Crippen LogP contribution in [0.25, 0.3) is 0 Å². The van der Waals surface area contributed by atoms with E-state index in [1.165, 1.54) is 0 Å². The van der Waals surface area contributed by atoms with E-state index >= 15 is 0 Å². The van der Waals surface area contributed by atoms with E-state index in [4.69, 9.17) is 9.47 Å². The van der Waals surface area contributed by atoms with E-state index in [1.54, 1.807) is 0 Å². The van der Waals surface area contributed by atoms with Gasteiger partial charge in [-0.2, -0.15) is 0 Å². The third-order valence-corrected chi connectivity index (χ3v) is 2.19. The van der Waals surface area contributed by atoms with E-state index < -0.39 is 17.3 Å². The second-order valence-corrected chi connectivity index (χ2v) is 6.55. The average Bonchev–Trinajstić information content (AvgIpc) is 2.23. The molecule has 1 aromatic rings. The van der Waals surface area contributed by atoms with Crippen molar-refractivity contribution in [1.29, 1.82) is 0 Å². The van der Waals surface area contributed by atoms with E-state index in [2.05, 4.69) is 0 Å². The van der Waals surface area contributed by atoms with Crippen LogP contribution in [0.4, 0.5) is 0 Å². The Morgan fingerprint density at radius 1 is 0.947 bits per heavy atom. The highest BCUT2D eigenvalue weighted by Crippen LogP contribution is 2.26. The molecule has 1 rings (SSSR count). The molecule has 1 unspecified atom stereocenters. The molecule has 0 aliphatic rings. The van der Waals surface area contributed by atoms with E-state index in [0.717, 1.165) is 5.56 Å². The summed E-state index contributed by atoms with van der Waals surface area (Å²) in [6.45, 7) is 11.3. The maximum absolute atomic E-state index is 12.3. The second kappa shape index (κ2) is 5.74. The van der Waals surface area contributed by atoms with Crippen molar-refractivity contribution in [1.82, 2.24) is 0 Å². The summed E-state index contributed by atoms with van der Waals surface area (Å²) in [4.78, 5) is 12.3. The fourth-order valence-corrected chi connectivity index (χ4v) is 1.59. The highest BCUT2D eigenvalue weighted by Gasteiger charge is 2.30. The van der Waals surface area contributed by atoms with E-state index in [-0.39, 0.29) is 5.97 Å². The first-order valence-corrected chi connectivity index (χ1v) is 6.54. The molecule has 19 heavy (non-hydrogen) atoms. The van der Waals surface area contributed by atoms with Crippen molar-refractivity contribution in [3.8, 4) is 0 Å². The van der Waals surface area contributed by atoms with Crippen LogP contribution in [0.3, 0.4) is 0 Å². The fourth-order valence-electron chi connectivity index (χ4n) is 1.59. The maximum atomic E-state index is 12.3. The number of ether oxygens (including phenoxy) is 2. The molecule has 0 saturated carbocycles. The topological polar surface area (TPSA) is 35.5 Å². The van der Waals surface area contributed by atoms with Crippen LogP contribution in [0, 0.1) is 0 Å². The van der Waals surface area contributed by atoms with Gasteiger partial charge in [-0.15, -0.1) is 0 Å². The molecule has 0 saturated heterocycles. The third-order valence-electron chi connectivity index (χ3n) is 2.19. The van der Waals surface area contributed by atoms with Gasteiger partial charge < -0.3 is 9.47 Å². The lowest BCUT2D eigenvalue weighted by Crippen LogP contribution is -2.33. The lowest BCUT2D eigenvalue weighted by Gasteiger charge is -2.29. The molecule has 0 fully saturated rings. The van der Waals surface area contributed by atoms with Gasteiger partial charge in [0.1, 0.15) is 5.60 Å². The van der Waals surface area contributed by atoms with Crippen molar-refractivity contribution in [2.45, 2.75) is 58.8 Å². The Kier molecular flexibility index (Phi) is 4.75. The number of benzene rings is 1. The van der Waals surface area contributed by atoms with Gasteiger partial charge in [-0.1, -0.05) is 30.3 Å². The maximum Gasteiger partial charge on any atom is 0.340 e. The molecule has 0 aliphatic carbocycles.